The number of methoxy groups -OCH3 is 1. The zero-order chi connectivity index (χ0) is 14.7. The Hall–Kier alpha value is -0.910. The Morgan fingerprint density at radius 3 is 2.70 bits per heavy atom. The summed E-state index contributed by atoms with van der Waals surface area (Å²) in [4.78, 5) is 0. The SMILES string of the molecule is COc1ccc(Br)cc1CC(N)c1cccc(Br)c1F. The van der Waals surface area contributed by atoms with Crippen molar-refractivity contribution in [1.29, 1.82) is 0 Å². The van der Waals surface area contributed by atoms with Gasteiger partial charge in [-0.3, -0.25) is 0 Å². The first-order valence-electron chi connectivity index (χ1n) is 6.05. The van der Waals surface area contributed by atoms with Gasteiger partial charge in [-0.15, -0.1) is 0 Å². The smallest absolute Gasteiger partial charge is 0.142 e. The molecule has 0 aliphatic heterocycles. The highest BCUT2D eigenvalue weighted by atomic mass is 79.9. The summed E-state index contributed by atoms with van der Waals surface area (Å²) in [6.45, 7) is 0. The zero-order valence-electron chi connectivity index (χ0n) is 10.9. The van der Waals surface area contributed by atoms with Gasteiger partial charge in [0.15, 0.2) is 0 Å². The van der Waals surface area contributed by atoms with Crippen LogP contribution in [0.2, 0.25) is 0 Å². The van der Waals surface area contributed by atoms with Crippen molar-refractivity contribution in [2.75, 3.05) is 7.11 Å². The molecule has 5 heteroatoms. The molecule has 20 heavy (non-hydrogen) atoms. The molecule has 0 bridgehead atoms. The minimum Gasteiger partial charge on any atom is -0.496 e. The van der Waals surface area contributed by atoms with Crippen molar-refractivity contribution in [3.8, 4) is 5.75 Å². The van der Waals surface area contributed by atoms with Crippen molar-refractivity contribution in [2.24, 2.45) is 5.73 Å². The van der Waals surface area contributed by atoms with Gasteiger partial charge in [-0.1, -0.05) is 28.1 Å². The molecule has 2 N–H and O–H groups in total. The van der Waals surface area contributed by atoms with E-state index >= 15 is 0 Å². The lowest BCUT2D eigenvalue weighted by molar-refractivity contribution is 0.407. The molecule has 0 radical (unpaired) electrons. The van der Waals surface area contributed by atoms with Gasteiger partial charge < -0.3 is 10.5 Å². The molecule has 0 aliphatic carbocycles. The summed E-state index contributed by atoms with van der Waals surface area (Å²) in [5, 5.41) is 0. The van der Waals surface area contributed by atoms with Crippen LogP contribution in [0, 0.1) is 5.82 Å². The highest BCUT2D eigenvalue weighted by Gasteiger charge is 2.16. The number of hydrogen-bond donors (Lipinski definition) is 1. The van der Waals surface area contributed by atoms with E-state index in [1.807, 2.05) is 18.2 Å². The van der Waals surface area contributed by atoms with Gasteiger partial charge in [0.05, 0.1) is 11.6 Å². The van der Waals surface area contributed by atoms with Crippen LogP contribution in [0.25, 0.3) is 0 Å². The fraction of sp³-hybridized carbons (Fsp3) is 0.200. The minimum atomic E-state index is -0.435. The lowest BCUT2D eigenvalue weighted by Gasteiger charge is -2.16. The molecule has 106 valence electrons. The van der Waals surface area contributed by atoms with Gasteiger partial charge in [-0.05, 0) is 52.2 Å². The molecular formula is C15H14Br2FNO. The third-order valence-electron chi connectivity index (χ3n) is 3.06. The molecule has 0 amide bonds. The normalized spacial score (nSPS) is 12.2. The Balaban J connectivity index is 2.30. The molecule has 0 fully saturated rings. The number of benzene rings is 2. The average molecular weight is 403 g/mol. The quantitative estimate of drug-likeness (QED) is 0.810. The molecule has 0 spiro atoms. The van der Waals surface area contributed by atoms with Gasteiger partial charge in [0.25, 0.3) is 0 Å². The summed E-state index contributed by atoms with van der Waals surface area (Å²) in [6, 6.07) is 10.4. The van der Waals surface area contributed by atoms with E-state index in [0.29, 0.717) is 16.5 Å². The second-order valence-corrected chi connectivity index (χ2v) is 6.18. The van der Waals surface area contributed by atoms with E-state index in [2.05, 4.69) is 31.9 Å². The Kier molecular flexibility index (Phi) is 5.18. The van der Waals surface area contributed by atoms with Crippen molar-refractivity contribution >= 4 is 31.9 Å². The van der Waals surface area contributed by atoms with E-state index in [0.717, 1.165) is 15.8 Å². The van der Waals surface area contributed by atoms with Gasteiger partial charge in [0.2, 0.25) is 0 Å². The van der Waals surface area contributed by atoms with E-state index in [1.54, 1.807) is 25.3 Å². The number of rotatable bonds is 4. The molecular weight excluding hydrogens is 389 g/mol. The van der Waals surface area contributed by atoms with E-state index in [9.17, 15) is 4.39 Å². The topological polar surface area (TPSA) is 35.2 Å². The molecule has 2 aromatic rings. The number of hydrogen-bond acceptors (Lipinski definition) is 2. The van der Waals surface area contributed by atoms with Gasteiger partial charge in [-0.25, -0.2) is 4.39 Å². The Bertz CT molecular complexity index is 619. The van der Waals surface area contributed by atoms with Gasteiger partial charge in [0, 0.05) is 16.1 Å². The van der Waals surface area contributed by atoms with Crippen LogP contribution in [0.4, 0.5) is 4.39 Å². The summed E-state index contributed by atoms with van der Waals surface area (Å²) >= 11 is 6.60. The monoisotopic (exact) mass is 401 g/mol. The molecule has 2 nitrogen and oxygen atoms in total. The maximum Gasteiger partial charge on any atom is 0.142 e. The first kappa shape index (κ1) is 15.5. The lowest BCUT2D eigenvalue weighted by Crippen LogP contribution is -2.15. The van der Waals surface area contributed by atoms with Crippen LogP contribution in [0.15, 0.2) is 45.3 Å². The summed E-state index contributed by atoms with van der Waals surface area (Å²) in [7, 11) is 1.61. The Morgan fingerprint density at radius 2 is 2.00 bits per heavy atom. The Morgan fingerprint density at radius 1 is 1.25 bits per heavy atom. The first-order valence-corrected chi connectivity index (χ1v) is 7.63. The van der Waals surface area contributed by atoms with Crippen molar-refractivity contribution in [1.82, 2.24) is 0 Å². The van der Waals surface area contributed by atoms with Crippen molar-refractivity contribution in [3.63, 3.8) is 0 Å². The molecule has 2 aromatic carbocycles. The standard InChI is InChI=1S/C15H14Br2FNO/c1-20-14-6-5-10(16)7-9(14)8-13(19)11-3-2-4-12(17)15(11)18/h2-7,13H,8,19H2,1H3. The number of ether oxygens (including phenoxy) is 1. The predicted molar refractivity (Wildman–Crippen MR) is 85.4 cm³/mol. The van der Waals surface area contributed by atoms with Crippen LogP contribution in [0.3, 0.4) is 0 Å². The van der Waals surface area contributed by atoms with Gasteiger partial charge in [0.1, 0.15) is 11.6 Å². The molecule has 0 saturated heterocycles. The fourth-order valence-corrected chi connectivity index (χ4v) is 2.85. The maximum absolute atomic E-state index is 14.0. The van der Waals surface area contributed by atoms with Crippen LogP contribution in [0.1, 0.15) is 17.2 Å². The largest absolute Gasteiger partial charge is 0.496 e. The molecule has 2 rings (SSSR count). The van der Waals surface area contributed by atoms with Crippen LogP contribution >= 0.6 is 31.9 Å². The highest BCUT2D eigenvalue weighted by Crippen LogP contribution is 2.29. The second-order valence-electron chi connectivity index (χ2n) is 4.41. The summed E-state index contributed by atoms with van der Waals surface area (Å²) in [5.41, 5.74) is 7.56. The van der Waals surface area contributed by atoms with Crippen molar-refractivity contribution < 1.29 is 9.13 Å². The summed E-state index contributed by atoms with van der Waals surface area (Å²) < 4.78 is 20.7. The van der Waals surface area contributed by atoms with Crippen LogP contribution in [-0.4, -0.2) is 7.11 Å². The number of halogens is 3. The van der Waals surface area contributed by atoms with Crippen molar-refractivity contribution in [2.45, 2.75) is 12.5 Å². The van der Waals surface area contributed by atoms with E-state index in [1.165, 1.54) is 0 Å². The molecule has 1 unspecified atom stereocenters. The highest BCUT2D eigenvalue weighted by molar-refractivity contribution is 9.10. The van der Waals surface area contributed by atoms with E-state index < -0.39 is 6.04 Å². The minimum absolute atomic E-state index is 0.311. The van der Waals surface area contributed by atoms with Gasteiger partial charge >= 0.3 is 0 Å². The average Bonchev–Trinajstić information content (AvgIpc) is 2.42. The lowest BCUT2D eigenvalue weighted by atomic mass is 9.98. The molecule has 0 heterocycles. The van der Waals surface area contributed by atoms with E-state index in [4.69, 9.17) is 10.5 Å². The van der Waals surface area contributed by atoms with Gasteiger partial charge in [-0.2, -0.15) is 0 Å². The van der Waals surface area contributed by atoms with Crippen LogP contribution < -0.4 is 10.5 Å². The third kappa shape index (κ3) is 3.40. The molecule has 0 aromatic heterocycles. The van der Waals surface area contributed by atoms with Crippen LogP contribution in [0.5, 0.6) is 5.75 Å². The number of nitrogens with two attached hydrogens (primary N) is 1. The van der Waals surface area contributed by atoms with E-state index in [-0.39, 0.29) is 5.82 Å². The predicted octanol–water partition coefficient (Wildman–Crippen LogP) is 4.60. The fourth-order valence-electron chi connectivity index (χ4n) is 2.06. The maximum atomic E-state index is 14.0. The molecule has 0 aliphatic rings. The molecule has 1 atom stereocenters. The first-order chi connectivity index (χ1) is 9.52. The van der Waals surface area contributed by atoms with Crippen molar-refractivity contribution in [3.05, 3.63) is 62.3 Å². The third-order valence-corrected chi connectivity index (χ3v) is 4.17. The second kappa shape index (κ2) is 6.70. The Labute approximate surface area is 134 Å². The zero-order valence-corrected chi connectivity index (χ0v) is 14.0. The van der Waals surface area contributed by atoms with Crippen LogP contribution in [-0.2, 0) is 6.42 Å². The summed E-state index contributed by atoms with van der Waals surface area (Å²) in [6.07, 6.45) is 0.496. The molecule has 0 saturated carbocycles. The summed E-state index contributed by atoms with van der Waals surface area (Å²) in [5.74, 6) is 0.438.